The monoisotopic (exact) mass is 261 g/mol. The molecule has 3 heteroatoms. The van der Waals surface area contributed by atoms with E-state index in [1.54, 1.807) is 0 Å². The molecule has 1 unspecified atom stereocenters. The van der Waals surface area contributed by atoms with Gasteiger partial charge in [-0.05, 0) is 50.7 Å². The molecule has 3 nitrogen and oxygen atoms in total. The molecule has 19 heavy (non-hydrogen) atoms. The third-order valence-corrected chi connectivity index (χ3v) is 4.23. The first-order chi connectivity index (χ1) is 9.15. The Labute approximate surface area is 117 Å². The van der Waals surface area contributed by atoms with Crippen molar-refractivity contribution >= 4 is 5.69 Å². The van der Waals surface area contributed by atoms with Crippen molar-refractivity contribution in [2.45, 2.75) is 33.4 Å². The lowest BCUT2D eigenvalue weighted by Gasteiger charge is -2.40. The predicted molar refractivity (Wildman–Crippen MR) is 82.9 cm³/mol. The zero-order chi connectivity index (χ0) is 13.8. The molecule has 0 amide bonds. The number of aryl methyl sites for hydroxylation is 1. The van der Waals surface area contributed by atoms with Gasteiger partial charge in [-0.15, -0.1) is 0 Å². The molecule has 106 valence electrons. The molecule has 1 atom stereocenters. The number of anilines is 1. The van der Waals surface area contributed by atoms with Crippen molar-refractivity contribution in [3.8, 4) is 0 Å². The summed E-state index contributed by atoms with van der Waals surface area (Å²) in [7, 11) is 2.00. The molecule has 0 saturated carbocycles. The Morgan fingerprint density at radius 3 is 2.68 bits per heavy atom. The van der Waals surface area contributed by atoms with E-state index in [1.807, 2.05) is 7.05 Å². The summed E-state index contributed by atoms with van der Waals surface area (Å²) in [6, 6.07) is 7.52. The Balaban J connectivity index is 2.08. The molecule has 0 radical (unpaired) electrons. The van der Waals surface area contributed by atoms with Gasteiger partial charge in [0.15, 0.2) is 0 Å². The van der Waals surface area contributed by atoms with E-state index in [2.05, 4.69) is 54.1 Å². The number of likely N-dealkylation sites (N-methyl/N-ethyl adjacent to an activating group) is 1. The normalized spacial score (nSPS) is 20.8. The molecule has 1 aliphatic rings. The standard InChI is InChI=1S/C16H27N3/c1-5-18-8-9-19(12-14(18)3)16-7-6-15(11-17-4)13(2)10-16/h6-7,10,14,17H,5,8-9,11-12H2,1-4H3. The maximum absolute atomic E-state index is 3.22. The summed E-state index contributed by atoms with van der Waals surface area (Å²) in [6.07, 6.45) is 0. The van der Waals surface area contributed by atoms with Crippen LogP contribution in [0.25, 0.3) is 0 Å². The van der Waals surface area contributed by atoms with Crippen LogP contribution in [0.3, 0.4) is 0 Å². The van der Waals surface area contributed by atoms with Crippen molar-refractivity contribution in [2.75, 3.05) is 38.1 Å². The van der Waals surface area contributed by atoms with Gasteiger partial charge in [-0.25, -0.2) is 0 Å². The molecule has 0 bridgehead atoms. The van der Waals surface area contributed by atoms with Gasteiger partial charge in [0.2, 0.25) is 0 Å². The van der Waals surface area contributed by atoms with Crippen LogP contribution < -0.4 is 10.2 Å². The van der Waals surface area contributed by atoms with Crippen LogP contribution >= 0.6 is 0 Å². The molecule has 1 aliphatic heterocycles. The Kier molecular flexibility index (Phi) is 4.83. The summed E-state index contributed by atoms with van der Waals surface area (Å²) in [6.45, 7) is 12.4. The Morgan fingerprint density at radius 2 is 2.11 bits per heavy atom. The fraction of sp³-hybridized carbons (Fsp3) is 0.625. The maximum atomic E-state index is 3.22. The van der Waals surface area contributed by atoms with Crippen molar-refractivity contribution in [1.29, 1.82) is 0 Å². The van der Waals surface area contributed by atoms with Crippen LogP contribution in [0.2, 0.25) is 0 Å². The lowest BCUT2D eigenvalue weighted by atomic mass is 10.1. The quantitative estimate of drug-likeness (QED) is 0.897. The van der Waals surface area contributed by atoms with Crippen molar-refractivity contribution < 1.29 is 0 Å². The highest BCUT2D eigenvalue weighted by Crippen LogP contribution is 2.22. The van der Waals surface area contributed by atoms with E-state index in [9.17, 15) is 0 Å². The van der Waals surface area contributed by atoms with Crippen molar-refractivity contribution in [2.24, 2.45) is 0 Å². The minimum atomic E-state index is 0.649. The van der Waals surface area contributed by atoms with Gasteiger partial charge in [0, 0.05) is 37.9 Å². The van der Waals surface area contributed by atoms with Crippen LogP contribution in [0.5, 0.6) is 0 Å². The average molecular weight is 261 g/mol. The Bertz CT molecular complexity index is 416. The second kappa shape index (κ2) is 6.40. The molecule has 1 fully saturated rings. The number of hydrogen-bond acceptors (Lipinski definition) is 3. The molecule has 1 aromatic carbocycles. The number of benzene rings is 1. The van der Waals surface area contributed by atoms with Crippen LogP contribution in [-0.4, -0.2) is 44.2 Å². The topological polar surface area (TPSA) is 18.5 Å². The summed E-state index contributed by atoms with van der Waals surface area (Å²) in [5.74, 6) is 0. The second-order valence-corrected chi connectivity index (χ2v) is 5.56. The van der Waals surface area contributed by atoms with Gasteiger partial charge >= 0.3 is 0 Å². The van der Waals surface area contributed by atoms with E-state index >= 15 is 0 Å². The molecule has 1 N–H and O–H groups in total. The van der Waals surface area contributed by atoms with Gasteiger partial charge in [-0.3, -0.25) is 4.90 Å². The molecule has 1 aromatic rings. The Hall–Kier alpha value is -1.06. The smallest absolute Gasteiger partial charge is 0.0370 e. The molecule has 0 aromatic heterocycles. The second-order valence-electron chi connectivity index (χ2n) is 5.56. The fourth-order valence-electron chi connectivity index (χ4n) is 2.97. The van der Waals surface area contributed by atoms with Gasteiger partial charge in [-0.1, -0.05) is 13.0 Å². The summed E-state index contributed by atoms with van der Waals surface area (Å²) in [5, 5.41) is 3.22. The predicted octanol–water partition coefficient (Wildman–Crippen LogP) is 2.24. The summed E-state index contributed by atoms with van der Waals surface area (Å²) in [5.41, 5.74) is 4.16. The van der Waals surface area contributed by atoms with E-state index in [0.717, 1.165) is 26.2 Å². The number of rotatable bonds is 4. The van der Waals surface area contributed by atoms with E-state index in [1.165, 1.54) is 23.4 Å². The van der Waals surface area contributed by atoms with Crippen LogP contribution in [0, 0.1) is 6.92 Å². The minimum Gasteiger partial charge on any atom is -0.369 e. The van der Waals surface area contributed by atoms with E-state index in [4.69, 9.17) is 0 Å². The van der Waals surface area contributed by atoms with Gasteiger partial charge in [0.25, 0.3) is 0 Å². The van der Waals surface area contributed by atoms with Crippen LogP contribution in [0.15, 0.2) is 18.2 Å². The molecule has 2 rings (SSSR count). The lowest BCUT2D eigenvalue weighted by Crippen LogP contribution is -2.51. The third-order valence-electron chi connectivity index (χ3n) is 4.23. The zero-order valence-corrected chi connectivity index (χ0v) is 12.7. The largest absolute Gasteiger partial charge is 0.369 e. The van der Waals surface area contributed by atoms with Crippen LogP contribution in [0.4, 0.5) is 5.69 Å². The number of nitrogens with zero attached hydrogens (tertiary/aromatic N) is 2. The first-order valence-corrected chi connectivity index (χ1v) is 7.38. The van der Waals surface area contributed by atoms with Gasteiger partial charge in [0.05, 0.1) is 0 Å². The highest BCUT2D eigenvalue weighted by Gasteiger charge is 2.22. The molecular formula is C16H27N3. The van der Waals surface area contributed by atoms with Crippen LogP contribution in [0.1, 0.15) is 25.0 Å². The van der Waals surface area contributed by atoms with Gasteiger partial charge in [0.1, 0.15) is 0 Å². The highest BCUT2D eigenvalue weighted by molar-refractivity contribution is 5.51. The average Bonchev–Trinajstić information content (AvgIpc) is 2.41. The highest BCUT2D eigenvalue weighted by atomic mass is 15.3. The van der Waals surface area contributed by atoms with Crippen molar-refractivity contribution in [3.05, 3.63) is 29.3 Å². The van der Waals surface area contributed by atoms with Crippen molar-refractivity contribution in [3.63, 3.8) is 0 Å². The molecule has 1 saturated heterocycles. The van der Waals surface area contributed by atoms with Crippen molar-refractivity contribution in [1.82, 2.24) is 10.2 Å². The lowest BCUT2D eigenvalue weighted by molar-refractivity contribution is 0.199. The molecule has 0 spiro atoms. The number of piperazine rings is 1. The van der Waals surface area contributed by atoms with Gasteiger partial charge in [-0.2, -0.15) is 0 Å². The van der Waals surface area contributed by atoms with E-state index in [0.29, 0.717) is 6.04 Å². The molecular weight excluding hydrogens is 234 g/mol. The first kappa shape index (κ1) is 14.4. The maximum Gasteiger partial charge on any atom is 0.0370 e. The van der Waals surface area contributed by atoms with E-state index < -0.39 is 0 Å². The summed E-state index contributed by atoms with van der Waals surface area (Å²) in [4.78, 5) is 5.08. The number of nitrogens with one attached hydrogen (secondary N) is 1. The number of hydrogen-bond donors (Lipinski definition) is 1. The third kappa shape index (κ3) is 3.28. The minimum absolute atomic E-state index is 0.649. The zero-order valence-electron chi connectivity index (χ0n) is 12.7. The van der Waals surface area contributed by atoms with Gasteiger partial charge < -0.3 is 10.2 Å². The van der Waals surface area contributed by atoms with Crippen LogP contribution in [-0.2, 0) is 6.54 Å². The van der Waals surface area contributed by atoms with E-state index in [-0.39, 0.29) is 0 Å². The summed E-state index contributed by atoms with van der Waals surface area (Å²) < 4.78 is 0. The summed E-state index contributed by atoms with van der Waals surface area (Å²) >= 11 is 0. The molecule has 1 heterocycles. The SMILES string of the molecule is CCN1CCN(c2ccc(CNC)c(C)c2)CC1C. The fourth-order valence-corrected chi connectivity index (χ4v) is 2.97. The Morgan fingerprint density at radius 1 is 1.32 bits per heavy atom. The molecule has 0 aliphatic carbocycles. The first-order valence-electron chi connectivity index (χ1n) is 7.38.